The van der Waals surface area contributed by atoms with E-state index in [0.29, 0.717) is 17.0 Å². The van der Waals surface area contributed by atoms with Crippen molar-refractivity contribution in [2.24, 2.45) is 16.7 Å². The molecule has 0 radical (unpaired) electrons. The molecule has 0 spiro atoms. The van der Waals surface area contributed by atoms with E-state index in [9.17, 15) is 14.7 Å². The van der Waals surface area contributed by atoms with Gasteiger partial charge < -0.3 is 15.2 Å². The predicted molar refractivity (Wildman–Crippen MR) is 118 cm³/mol. The van der Waals surface area contributed by atoms with E-state index in [1.54, 1.807) is 36.4 Å². The number of rotatable bonds is 6. The number of esters is 1. The second-order valence-electron chi connectivity index (χ2n) is 9.71. The molecule has 2 N–H and O–H groups in total. The quantitative estimate of drug-likeness (QED) is 0.683. The van der Waals surface area contributed by atoms with Gasteiger partial charge in [0.2, 0.25) is 0 Å². The summed E-state index contributed by atoms with van der Waals surface area (Å²) in [5.74, 6) is -0.513. The second-order valence-corrected chi connectivity index (χ2v) is 9.71. The fourth-order valence-electron chi connectivity index (χ4n) is 5.47. The molecule has 2 aromatic carbocycles. The van der Waals surface area contributed by atoms with Crippen LogP contribution in [0.2, 0.25) is 0 Å². The number of ether oxygens (including phenoxy) is 1. The van der Waals surface area contributed by atoms with Gasteiger partial charge in [0.1, 0.15) is 6.10 Å². The molecule has 0 saturated heterocycles. The fourth-order valence-corrected chi connectivity index (χ4v) is 5.47. The summed E-state index contributed by atoms with van der Waals surface area (Å²) in [6, 6.07) is 16.9. The standard InChI is InChI=1S/C26H31NO4/c1-25(2)19-14-15-26(25,3)20(16-19)31-24(30)22(28)21(17-10-6-4-7-11-17)27-23(29)18-12-8-5-9-13-18/h4-13,19-22,28H,14-16H2,1-3H3,(H,27,29). The third-order valence-electron chi connectivity index (χ3n) is 8.01. The lowest BCUT2D eigenvalue weighted by atomic mass is 9.70. The molecule has 2 aromatic rings. The average molecular weight is 422 g/mol. The molecule has 2 bridgehead atoms. The molecule has 2 aliphatic carbocycles. The number of amides is 1. The van der Waals surface area contributed by atoms with Gasteiger partial charge in [-0.25, -0.2) is 4.79 Å². The Morgan fingerprint density at radius 3 is 2.19 bits per heavy atom. The van der Waals surface area contributed by atoms with Crippen molar-refractivity contribution in [1.29, 1.82) is 0 Å². The van der Waals surface area contributed by atoms with Crippen molar-refractivity contribution in [2.75, 3.05) is 0 Å². The summed E-state index contributed by atoms with van der Waals surface area (Å²) in [5, 5.41) is 13.8. The van der Waals surface area contributed by atoms with E-state index in [2.05, 4.69) is 26.1 Å². The zero-order valence-electron chi connectivity index (χ0n) is 18.4. The molecule has 5 unspecified atom stereocenters. The summed E-state index contributed by atoms with van der Waals surface area (Å²) in [4.78, 5) is 25.8. The zero-order valence-corrected chi connectivity index (χ0v) is 18.4. The van der Waals surface area contributed by atoms with Crippen LogP contribution in [-0.2, 0) is 9.53 Å². The minimum Gasteiger partial charge on any atom is -0.460 e. The first-order chi connectivity index (χ1) is 14.7. The number of aliphatic hydroxyl groups is 1. The lowest BCUT2D eigenvalue weighted by molar-refractivity contribution is -0.168. The van der Waals surface area contributed by atoms with E-state index in [-0.39, 0.29) is 22.8 Å². The molecular formula is C26H31NO4. The molecule has 1 amide bonds. The number of hydrogen-bond acceptors (Lipinski definition) is 4. The second kappa shape index (κ2) is 8.12. The molecule has 0 aliphatic heterocycles. The van der Waals surface area contributed by atoms with Gasteiger partial charge in [0, 0.05) is 11.0 Å². The Morgan fingerprint density at radius 2 is 1.65 bits per heavy atom. The van der Waals surface area contributed by atoms with Crippen molar-refractivity contribution in [3.05, 3.63) is 71.8 Å². The topological polar surface area (TPSA) is 75.6 Å². The minimum absolute atomic E-state index is 0.0947. The summed E-state index contributed by atoms with van der Waals surface area (Å²) in [5.41, 5.74) is 1.12. The van der Waals surface area contributed by atoms with E-state index in [0.717, 1.165) is 19.3 Å². The highest BCUT2D eigenvalue weighted by Crippen LogP contribution is 2.66. The summed E-state index contributed by atoms with van der Waals surface area (Å²) in [6.07, 6.45) is 1.28. The van der Waals surface area contributed by atoms with Crippen molar-refractivity contribution in [3.63, 3.8) is 0 Å². The SMILES string of the molecule is CC1(C)C2CCC1(C)C(OC(=O)C(O)C(NC(=O)c1ccccc1)c1ccccc1)C2. The monoisotopic (exact) mass is 421 g/mol. The smallest absolute Gasteiger partial charge is 0.337 e. The predicted octanol–water partition coefficient (Wildman–Crippen LogP) is 4.28. The van der Waals surface area contributed by atoms with Crippen LogP contribution in [0.3, 0.4) is 0 Å². The molecule has 31 heavy (non-hydrogen) atoms. The minimum atomic E-state index is -1.50. The van der Waals surface area contributed by atoms with Crippen LogP contribution in [0.5, 0.6) is 0 Å². The van der Waals surface area contributed by atoms with E-state index < -0.39 is 18.1 Å². The first kappa shape index (κ1) is 21.6. The molecule has 2 aliphatic rings. The Kier molecular flexibility index (Phi) is 5.65. The molecule has 5 atom stereocenters. The van der Waals surface area contributed by atoms with Crippen LogP contribution in [0.15, 0.2) is 60.7 Å². The Hall–Kier alpha value is -2.66. The third-order valence-corrected chi connectivity index (χ3v) is 8.01. The van der Waals surface area contributed by atoms with Crippen molar-refractivity contribution in [1.82, 2.24) is 5.32 Å². The van der Waals surface area contributed by atoms with Gasteiger partial charge in [-0.3, -0.25) is 4.79 Å². The lowest BCUT2D eigenvalue weighted by Gasteiger charge is -2.39. The number of benzene rings is 2. The Balaban J connectivity index is 1.53. The summed E-state index contributed by atoms with van der Waals surface area (Å²) < 4.78 is 5.90. The van der Waals surface area contributed by atoms with Crippen LogP contribution in [0.4, 0.5) is 0 Å². The van der Waals surface area contributed by atoms with Crippen LogP contribution in [0, 0.1) is 16.7 Å². The van der Waals surface area contributed by atoms with Gasteiger partial charge in [-0.15, -0.1) is 0 Å². The molecule has 5 nitrogen and oxygen atoms in total. The number of carbonyl (C=O) groups is 2. The van der Waals surface area contributed by atoms with Gasteiger partial charge in [0.05, 0.1) is 6.04 Å². The number of carbonyl (C=O) groups excluding carboxylic acids is 2. The fraction of sp³-hybridized carbons (Fsp3) is 0.462. The molecule has 2 saturated carbocycles. The maximum absolute atomic E-state index is 13.0. The molecule has 2 fully saturated rings. The number of fused-ring (bicyclic) bond motifs is 2. The zero-order chi connectivity index (χ0) is 22.2. The maximum Gasteiger partial charge on any atom is 0.337 e. The Morgan fingerprint density at radius 1 is 1.03 bits per heavy atom. The molecule has 164 valence electrons. The Labute approximate surface area is 183 Å². The van der Waals surface area contributed by atoms with Gasteiger partial charge in [-0.1, -0.05) is 69.3 Å². The van der Waals surface area contributed by atoms with E-state index >= 15 is 0 Å². The van der Waals surface area contributed by atoms with Crippen LogP contribution < -0.4 is 5.32 Å². The van der Waals surface area contributed by atoms with E-state index in [4.69, 9.17) is 4.74 Å². The summed E-state index contributed by atoms with van der Waals surface area (Å²) in [7, 11) is 0. The van der Waals surface area contributed by atoms with Crippen molar-refractivity contribution >= 4 is 11.9 Å². The Bertz CT molecular complexity index is 942. The third kappa shape index (κ3) is 3.76. The molecule has 0 aromatic heterocycles. The van der Waals surface area contributed by atoms with Crippen LogP contribution >= 0.6 is 0 Å². The molecule has 0 heterocycles. The van der Waals surface area contributed by atoms with Crippen LogP contribution in [0.25, 0.3) is 0 Å². The largest absolute Gasteiger partial charge is 0.460 e. The van der Waals surface area contributed by atoms with Crippen molar-refractivity contribution in [2.45, 2.75) is 58.3 Å². The lowest BCUT2D eigenvalue weighted by Crippen LogP contribution is -2.45. The van der Waals surface area contributed by atoms with Gasteiger partial charge in [0.25, 0.3) is 5.91 Å². The van der Waals surface area contributed by atoms with Gasteiger partial charge >= 0.3 is 5.97 Å². The molecule has 4 rings (SSSR count). The summed E-state index contributed by atoms with van der Waals surface area (Å²) >= 11 is 0. The van der Waals surface area contributed by atoms with Crippen LogP contribution in [-0.4, -0.2) is 29.2 Å². The van der Waals surface area contributed by atoms with Crippen LogP contribution in [0.1, 0.15) is 62.0 Å². The normalized spacial score (nSPS) is 28.0. The summed E-state index contributed by atoms with van der Waals surface area (Å²) in [6.45, 7) is 6.69. The highest BCUT2D eigenvalue weighted by Gasteiger charge is 2.63. The highest BCUT2D eigenvalue weighted by atomic mass is 16.6. The van der Waals surface area contributed by atoms with Gasteiger partial charge in [-0.2, -0.15) is 0 Å². The van der Waals surface area contributed by atoms with Gasteiger partial charge in [0.15, 0.2) is 6.10 Å². The van der Waals surface area contributed by atoms with Crippen molar-refractivity contribution in [3.8, 4) is 0 Å². The van der Waals surface area contributed by atoms with Gasteiger partial charge in [-0.05, 0) is 48.3 Å². The number of nitrogens with one attached hydrogen (secondary N) is 1. The first-order valence-electron chi connectivity index (χ1n) is 11.0. The molecular weight excluding hydrogens is 390 g/mol. The van der Waals surface area contributed by atoms with Crippen molar-refractivity contribution < 1.29 is 19.4 Å². The number of hydrogen-bond donors (Lipinski definition) is 2. The average Bonchev–Trinajstić information content (AvgIpc) is 3.11. The molecule has 5 heteroatoms. The first-order valence-corrected chi connectivity index (χ1v) is 11.0. The maximum atomic E-state index is 13.0. The number of aliphatic hydroxyl groups excluding tert-OH is 1. The van der Waals surface area contributed by atoms with E-state index in [1.807, 2.05) is 24.3 Å². The highest BCUT2D eigenvalue weighted by molar-refractivity contribution is 5.94. The van der Waals surface area contributed by atoms with E-state index in [1.165, 1.54) is 0 Å².